The van der Waals surface area contributed by atoms with E-state index in [0.29, 0.717) is 0 Å². The fourth-order valence-electron chi connectivity index (χ4n) is 1.33. The maximum absolute atomic E-state index is 9.59. The molecule has 15 heavy (non-hydrogen) atoms. The first-order valence-electron chi connectivity index (χ1n) is 4.71. The third kappa shape index (κ3) is 2.40. The Morgan fingerprint density at radius 3 is 2.87 bits per heavy atom. The van der Waals surface area contributed by atoms with Gasteiger partial charge in [0, 0.05) is 17.3 Å². The number of hydrogen-bond donors (Lipinski definition) is 2. The third-order valence-electron chi connectivity index (χ3n) is 2.05. The summed E-state index contributed by atoms with van der Waals surface area (Å²) in [6.45, 7) is 1.77. The molecule has 1 unspecified atom stereocenters. The van der Waals surface area contributed by atoms with Crippen LogP contribution in [0.5, 0.6) is 0 Å². The highest BCUT2D eigenvalue weighted by Crippen LogP contribution is 2.30. The molecule has 0 aliphatic heterocycles. The molecule has 0 radical (unpaired) electrons. The van der Waals surface area contributed by atoms with Crippen LogP contribution in [0.2, 0.25) is 0 Å². The molecule has 0 fully saturated rings. The zero-order chi connectivity index (χ0) is 10.7. The van der Waals surface area contributed by atoms with Crippen molar-refractivity contribution in [2.45, 2.75) is 23.1 Å². The molecule has 1 aromatic heterocycles. The topological polar surface area (TPSA) is 48.9 Å². The Balaban J connectivity index is 2.28. The Kier molecular flexibility index (Phi) is 3.08. The Morgan fingerprint density at radius 2 is 2.20 bits per heavy atom. The SMILES string of the molecule is CC(O)c1ccccc1Sc1ncc[nH]1. The van der Waals surface area contributed by atoms with E-state index >= 15 is 0 Å². The second-order valence-electron chi connectivity index (χ2n) is 3.21. The van der Waals surface area contributed by atoms with Crippen LogP contribution in [0.25, 0.3) is 0 Å². The van der Waals surface area contributed by atoms with E-state index in [0.717, 1.165) is 15.6 Å². The predicted molar refractivity (Wildman–Crippen MR) is 59.8 cm³/mol. The maximum Gasteiger partial charge on any atom is 0.170 e. The van der Waals surface area contributed by atoms with Crippen LogP contribution in [-0.4, -0.2) is 15.1 Å². The minimum absolute atomic E-state index is 0.455. The van der Waals surface area contributed by atoms with Gasteiger partial charge in [-0.25, -0.2) is 4.98 Å². The van der Waals surface area contributed by atoms with E-state index in [4.69, 9.17) is 0 Å². The van der Waals surface area contributed by atoms with Gasteiger partial charge in [-0.05, 0) is 18.6 Å². The van der Waals surface area contributed by atoms with Crippen molar-refractivity contribution in [1.29, 1.82) is 0 Å². The number of hydrogen-bond acceptors (Lipinski definition) is 3. The van der Waals surface area contributed by atoms with Crippen LogP contribution in [0.4, 0.5) is 0 Å². The molecule has 0 spiro atoms. The molecule has 0 bridgehead atoms. The van der Waals surface area contributed by atoms with Crippen molar-refractivity contribution in [3.8, 4) is 0 Å². The molecule has 0 saturated carbocycles. The Hall–Kier alpha value is -1.26. The van der Waals surface area contributed by atoms with Gasteiger partial charge in [-0.1, -0.05) is 30.0 Å². The van der Waals surface area contributed by atoms with Crippen LogP contribution in [-0.2, 0) is 0 Å². The van der Waals surface area contributed by atoms with Crippen LogP contribution in [0.3, 0.4) is 0 Å². The number of H-pyrrole nitrogens is 1. The minimum Gasteiger partial charge on any atom is -0.389 e. The molecule has 0 saturated heterocycles. The van der Waals surface area contributed by atoms with E-state index in [1.807, 2.05) is 24.3 Å². The minimum atomic E-state index is -0.455. The summed E-state index contributed by atoms with van der Waals surface area (Å²) in [4.78, 5) is 8.19. The molecule has 3 nitrogen and oxygen atoms in total. The van der Waals surface area contributed by atoms with Gasteiger partial charge in [0.2, 0.25) is 0 Å². The van der Waals surface area contributed by atoms with Gasteiger partial charge in [0.15, 0.2) is 5.16 Å². The van der Waals surface area contributed by atoms with E-state index in [1.54, 1.807) is 19.3 Å². The van der Waals surface area contributed by atoms with Crippen molar-refractivity contribution < 1.29 is 5.11 Å². The van der Waals surface area contributed by atoms with Crippen LogP contribution in [0.15, 0.2) is 46.7 Å². The molecule has 0 aliphatic carbocycles. The summed E-state index contributed by atoms with van der Waals surface area (Å²) in [5, 5.41) is 10.4. The number of aliphatic hydroxyl groups is 1. The highest BCUT2D eigenvalue weighted by molar-refractivity contribution is 7.99. The van der Waals surface area contributed by atoms with E-state index in [9.17, 15) is 5.11 Å². The smallest absolute Gasteiger partial charge is 0.170 e. The number of aromatic amines is 1. The fraction of sp³-hybridized carbons (Fsp3) is 0.182. The van der Waals surface area contributed by atoms with Crippen LogP contribution in [0.1, 0.15) is 18.6 Å². The van der Waals surface area contributed by atoms with Crippen molar-refractivity contribution in [3.05, 3.63) is 42.2 Å². The predicted octanol–water partition coefficient (Wildman–Crippen LogP) is 2.61. The van der Waals surface area contributed by atoms with Gasteiger partial charge in [0.05, 0.1) is 6.10 Å². The molecule has 2 aromatic rings. The van der Waals surface area contributed by atoms with Crippen LogP contribution in [0, 0.1) is 0 Å². The van der Waals surface area contributed by atoms with Gasteiger partial charge in [-0.15, -0.1) is 0 Å². The second kappa shape index (κ2) is 4.51. The molecule has 0 amide bonds. The number of nitrogens with one attached hydrogen (secondary N) is 1. The van der Waals surface area contributed by atoms with Gasteiger partial charge in [-0.3, -0.25) is 0 Å². The molecule has 2 N–H and O–H groups in total. The lowest BCUT2D eigenvalue weighted by molar-refractivity contribution is 0.196. The normalized spacial score (nSPS) is 12.7. The van der Waals surface area contributed by atoms with Crippen molar-refractivity contribution >= 4 is 11.8 Å². The maximum atomic E-state index is 9.59. The van der Waals surface area contributed by atoms with Crippen molar-refractivity contribution in [3.63, 3.8) is 0 Å². The van der Waals surface area contributed by atoms with Gasteiger partial charge >= 0.3 is 0 Å². The first kappa shape index (κ1) is 10.3. The van der Waals surface area contributed by atoms with Crippen LogP contribution < -0.4 is 0 Å². The quantitative estimate of drug-likeness (QED) is 0.836. The van der Waals surface area contributed by atoms with E-state index in [1.165, 1.54) is 11.8 Å². The Morgan fingerprint density at radius 1 is 1.40 bits per heavy atom. The molecule has 78 valence electrons. The number of benzene rings is 1. The van der Waals surface area contributed by atoms with Gasteiger partial charge in [0.1, 0.15) is 0 Å². The monoisotopic (exact) mass is 220 g/mol. The molecular formula is C11H12N2OS. The van der Waals surface area contributed by atoms with Gasteiger partial charge in [-0.2, -0.15) is 0 Å². The average Bonchev–Trinajstić information content (AvgIpc) is 2.71. The number of nitrogens with zero attached hydrogens (tertiary/aromatic N) is 1. The summed E-state index contributed by atoms with van der Waals surface area (Å²) >= 11 is 1.52. The zero-order valence-corrected chi connectivity index (χ0v) is 9.16. The zero-order valence-electron chi connectivity index (χ0n) is 8.34. The summed E-state index contributed by atoms with van der Waals surface area (Å²) in [7, 11) is 0. The number of imidazole rings is 1. The highest BCUT2D eigenvalue weighted by atomic mass is 32.2. The van der Waals surface area contributed by atoms with Crippen molar-refractivity contribution in [2.75, 3.05) is 0 Å². The first-order chi connectivity index (χ1) is 7.27. The fourth-order valence-corrected chi connectivity index (χ4v) is 2.28. The Labute approximate surface area is 92.6 Å². The standard InChI is InChI=1S/C11H12N2OS/c1-8(14)9-4-2-3-5-10(9)15-11-12-6-7-13-11/h2-8,14H,1H3,(H,12,13). The van der Waals surface area contributed by atoms with Crippen molar-refractivity contribution in [1.82, 2.24) is 9.97 Å². The van der Waals surface area contributed by atoms with Gasteiger partial charge < -0.3 is 10.1 Å². The van der Waals surface area contributed by atoms with E-state index in [-0.39, 0.29) is 0 Å². The summed E-state index contributed by atoms with van der Waals surface area (Å²) < 4.78 is 0. The molecule has 1 atom stereocenters. The molecular weight excluding hydrogens is 208 g/mol. The van der Waals surface area contributed by atoms with E-state index in [2.05, 4.69) is 9.97 Å². The molecule has 4 heteroatoms. The number of aromatic nitrogens is 2. The lowest BCUT2D eigenvalue weighted by Gasteiger charge is -2.09. The highest BCUT2D eigenvalue weighted by Gasteiger charge is 2.08. The molecule has 1 aromatic carbocycles. The number of rotatable bonds is 3. The molecule has 1 heterocycles. The molecule has 0 aliphatic rings. The number of aliphatic hydroxyl groups excluding tert-OH is 1. The second-order valence-corrected chi connectivity index (χ2v) is 4.24. The van der Waals surface area contributed by atoms with Gasteiger partial charge in [0.25, 0.3) is 0 Å². The molecule has 2 rings (SSSR count). The Bertz CT molecular complexity index is 426. The lowest BCUT2D eigenvalue weighted by Crippen LogP contribution is -1.93. The van der Waals surface area contributed by atoms with Crippen LogP contribution >= 0.6 is 11.8 Å². The first-order valence-corrected chi connectivity index (χ1v) is 5.53. The average molecular weight is 220 g/mol. The summed E-state index contributed by atoms with van der Waals surface area (Å²) in [5.41, 5.74) is 0.930. The largest absolute Gasteiger partial charge is 0.389 e. The summed E-state index contributed by atoms with van der Waals surface area (Å²) in [5.74, 6) is 0. The van der Waals surface area contributed by atoms with Crippen molar-refractivity contribution in [2.24, 2.45) is 0 Å². The lowest BCUT2D eigenvalue weighted by atomic mass is 10.1. The summed E-state index contributed by atoms with van der Waals surface area (Å²) in [6.07, 6.45) is 3.05. The third-order valence-corrected chi connectivity index (χ3v) is 3.06. The van der Waals surface area contributed by atoms with E-state index < -0.39 is 6.10 Å². The summed E-state index contributed by atoms with van der Waals surface area (Å²) in [6, 6.07) is 7.79.